The van der Waals surface area contributed by atoms with E-state index in [4.69, 9.17) is 0 Å². The molecule has 1 aromatic carbocycles. The molecule has 0 fully saturated rings. The lowest BCUT2D eigenvalue weighted by Gasteiger charge is -2.23. The number of allylic oxidation sites excluding steroid dienone is 3. The molecule has 0 aromatic heterocycles. The maximum Gasteiger partial charge on any atom is 0.262 e. The molecule has 0 N–H and O–H groups in total. The lowest BCUT2D eigenvalue weighted by atomic mass is 10.0. The number of benzene rings is 1. The molecule has 1 unspecified atom stereocenters. The third-order valence-corrected chi connectivity index (χ3v) is 4.14. The molecular formula is C20H25NO2. The number of imide groups is 1. The van der Waals surface area contributed by atoms with E-state index in [2.05, 4.69) is 32.9 Å². The van der Waals surface area contributed by atoms with Crippen molar-refractivity contribution in [1.82, 2.24) is 4.90 Å². The van der Waals surface area contributed by atoms with Gasteiger partial charge in [0.05, 0.1) is 17.2 Å². The second-order valence-corrected chi connectivity index (χ2v) is 6.33. The van der Waals surface area contributed by atoms with Gasteiger partial charge >= 0.3 is 0 Å². The third kappa shape index (κ3) is 3.79. The van der Waals surface area contributed by atoms with E-state index in [1.54, 1.807) is 24.3 Å². The molecule has 0 saturated heterocycles. The summed E-state index contributed by atoms with van der Waals surface area (Å²) in [6, 6.07) is 6.89. The predicted molar refractivity (Wildman–Crippen MR) is 93.4 cm³/mol. The molecule has 2 rings (SSSR count). The summed E-state index contributed by atoms with van der Waals surface area (Å²) in [6.07, 6.45) is 6.94. The molecule has 0 aliphatic carbocycles. The van der Waals surface area contributed by atoms with E-state index in [1.165, 1.54) is 16.0 Å². The van der Waals surface area contributed by atoms with Gasteiger partial charge in [0.1, 0.15) is 0 Å². The fourth-order valence-electron chi connectivity index (χ4n) is 2.88. The second kappa shape index (κ2) is 7.40. The summed E-state index contributed by atoms with van der Waals surface area (Å²) in [7, 11) is 0. The predicted octanol–water partition coefficient (Wildman–Crippen LogP) is 4.75. The van der Waals surface area contributed by atoms with Gasteiger partial charge in [-0.1, -0.05) is 42.4 Å². The molecule has 0 radical (unpaired) electrons. The zero-order valence-corrected chi connectivity index (χ0v) is 14.4. The standard InChI is InChI=1S/C20H25NO2/c1-5-16(13-15(4)10-8-9-14(2)3)21-19(22)17-11-6-7-12-18(17)20(21)23/h6-7,9,11-13,16H,5,8,10H2,1-4H3/b15-13+. The first-order chi connectivity index (χ1) is 11.0. The Hall–Kier alpha value is -2.16. The highest BCUT2D eigenvalue weighted by Crippen LogP contribution is 2.26. The molecule has 1 aromatic rings. The van der Waals surface area contributed by atoms with E-state index in [1.807, 2.05) is 6.92 Å². The van der Waals surface area contributed by atoms with Gasteiger partial charge in [-0.05, 0) is 52.2 Å². The van der Waals surface area contributed by atoms with Crippen molar-refractivity contribution in [3.8, 4) is 0 Å². The molecule has 122 valence electrons. The first-order valence-corrected chi connectivity index (χ1v) is 8.23. The number of carbonyl (C=O) groups excluding carboxylic acids is 2. The Bertz CT molecular complexity index is 631. The zero-order valence-electron chi connectivity index (χ0n) is 14.4. The van der Waals surface area contributed by atoms with Crippen LogP contribution in [0, 0.1) is 0 Å². The van der Waals surface area contributed by atoms with Gasteiger partial charge < -0.3 is 0 Å². The molecule has 23 heavy (non-hydrogen) atoms. The van der Waals surface area contributed by atoms with E-state index >= 15 is 0 Å². The minimum Gasteiger partial charge on any atom is -0.269 e. The minimum absolute atomic E-state index is 0.172. The molecule has 1 aliphatic heterocycles. The van der Waals surface area contributed by atoms with Crippen LogP contribution in [0.5, 0.6) is 0 Å². The SMILES string of the molecule is CCC(/C=C(\C)CCC=C(C)C)N1C(=O)c2ccccc2C1=O. The maximum absolute atomic E-state index is 12.6. The van der Waals surface area contributed by atoms with Crippen LogP contribution in [0.25, 0.3) is 0 Å². The number of fused-ring (bicyclic) bond motifs is 1. The summed E-state index contributed by atoms with van der Waals surface area (Å²) in [4.78, 5) is 26.5. The maximum atomic E-state index is 12.6. The van der Waals surface area contributed by atoms with Crippen LogP contribution in [0.3, 0.4) is 0 Å². The van der Waals surface area contributed by atoms with Gasteiger partial charge in [0.2, 0.25) is 0 Å². The van der Waals surface area contributed by atoms with Gasteiger partial charge in [0.25, 0.3) is 11.8 Å². The molecule has 1 aliphatic rings. The van der Waals surface area contributed by atoms with E-state index in [0.717, 1.165) is 19.3 Å². The first-order valence-electron chi connectivity index (χ1n) is 8.23. The van der Waals surface area contributed by atoms with Crippen molar-refractivity contribution in [2.45, 2.75) is 53.0 Å². The summed E-state index contributed by atoms with van der Waals surface area (Å²) in [5.41, 5.74) is 3.56. The van der Waals surface area contributed by atoms with E-state index < -0.39 is 0 Å². The highest BCUT2D eigenvalue weighted by atomic mass is 16.2. The molecule has 0 spiro atoms. The van der Waals surface area contributed by atoms with Crippen molar-refractivity contribution in [3.05, 3.63) is 58.7 Å². The molecule has 3 nitrogen and oxygen atoms in total. The normalized spacial score (nSPS) is 15.7. The third-order valence-electron chi connectivity index (χ3n) is 4.14. The van der Waals surface area contributed by atoms with Crippen LogP contribution < -0.4 is 0 Å². The Morgan fingerprint density at radius 1 is 1.09 bits per heavy atom. The Balaban J connectivity index is 2.17. The monoisotopic (exact) mass is 311 g/mol. The quantitative estimate of drug-likeness (QED) is 0.561. The fraction of sp³-hybridized carbons (Fsp3) is 0.400. The van der Waals surface area contributed by atoms with Crippen molar-refractivity contribution in [3.63, 3.8) is 0 Å². The number of hydrogen-bond acceptors (Lipinski definition) is 2. The largest absolute Gasteiger partial charge is 0.269 e. The smallest absolute Gasteiger partial charge is 0.262 e. The van der Waals surface area contributed by atoms with Crippen LogP contribution in [0.15, 0.2) is 47.6 Å². The Labute approximate surface area is 138 Å². The van der Waals surface area contributed by atoms with Gasteiger partial charge in [-0.2, -0.15) is 0 Å². The average Bonchev–Trinajstić information content (AvgIpc) is 2.77. The fourth-order valence-corrected chi connectivity index (χ4v) is 2.88. The Morgan fingerprint density at radius 3 is 2.13 bits per heavy atom. The molecule has 0 saturated carbocycles. The van der Waals surface area contributed by atoms with Crippen molar-refractivity contribution in [2.24, 2.45) is 0 Å². The van der Waals surface area contributed by atoms with E-state index in [-0.39, 0.29) is 17.9 Å². The number of hydrogen-bond donors (Lipinski definition) is 0. The topological polar surface area (TPSA) is 37.4 Å². The highest BCUT2D eigenvalue weighted by molar-refractivity contribution is 6.21. The van der Waals surface area contributed by atoms with Crippen LogP contribution in [-0.4, -0.2) is 22.8 Å². The number of carbonyl (C=O) groups is 2. The minimum atomic E-state index is -0.175. The molecule has 0 bridgehead atoms. The highest BCUT2D eigenvalue weighted by Gasteiger charge is 2.38. The van der Waals surface area contributed by atoms with Crippen LogP contribution in [0.4, 0.5) is 0 Å². The molecule has 1 atom stereocenters. The van der Waals surface area contributed by atoms with Crippen LogP contribution in [-0.2, 0) is 0 Å². The second-order valence-electron chi connectivity index (χ2n) is 6.33. The molecule has 2 amide bonds. The van der Waals surface area contributed by atoms with Gasteiger partial charge in [0.15, 0.2) is 0 Å². The van der Waals surface area contributed by atoms with Gasteiger partial charge in [-0.15, -0.1) is 0 Å². The van der Waals surface area contributed by atoms with Gasteiger partial charge in [-0.25, -0.2) is 0 Å². The van der Waals surface area contributed by atoms with Crippen LogP contribution in [0.2, 0.25) is 0 Å². The van der Waals surface area contributed by atoms with Crippen molar-refractivity contribution in [1.29, 1.82) is 0 Å². The lowest BCUT2D eigenvalue weighted by molar-refractivity contribution is 0.0611. The van der Waals surface area contributed by atoms with Crippen LogP contribution in [0.1, 0.15) is 67.7 Å². The van der Waals surface area contributed by atoms with Crippen molar-refractivity contribution in [2.75, 3.05) is 0 Å². The lowest BCUT2D eigenvalue weighted by Crippen LogP contribution is -2.38. The molecule has 1 heterocycles. The first kappa shape index (κ1) is 17.2. The molecular weight excluding hydrogens is 286 g/mol. The number of amides is 2. The number of rotatable bonds is 6. The van der Waals surface area contributed by atoms with Gasteiger partial charge in [-0.3, -0.25) is 14.5 Å². The summed E-state index contributed by atoms with van der Waals surface area (Å²) < 4.78 is 0. The summed E-state index contributed by atoms with van der Waals surface area (Å²) >= 11 is 0. The average molecular weight is 311 g/mol. The summed E-state index contributed by atoms with van der Waals surface area (Å²) in [5, 5.41) is 0. The van der Waals surface area contributed by atoms with Crippen molar-refractivity contribution < 1.29 is 9.59 Å². The van der Waals surface area contributed by atoms with E-state index in [0.29, 0.717) is 11.1 Å². The van der Waals surface area contributed by atoms with E-state index in [9.17, 15) is 9.59 Å². The van der Waals surface area contributed by atoms with Gasteiger partial charge in [0, 0.05) is 0 Å². The zero-order chi connectivity index (χ0) is 17.0. The number of nitrogens with zero attached hydrogens (tertiary/aromatic N) is 1. The summed E-state index contributed by atoms with van der Waals surface area (Å²) in [6.45, 7) is 8.26. The molecule has 3 heteroatoms. The Morgan fingerprint density at radius 2 is 1.65 bits per heavy atom. The summed E-state index contributed by atoms with van der Waals surface area (Å²) in [5.74, 6) is -0.350. The van der Waals surface area contributed by atoms with Crippen molar-refractivity contribution >= 4 is 11.8 Å². The Kier molecular flexibility index (Phi) is 5.54. The van der Waals surface area contributed by atoms with Crippen LogP contribution >= 0.6 is 0 Å².